The molecular formula is C7H10F2O2S. The first-order chi connectivity index (χ1) is 5.55. The molecule has 0 aromatic heterocycles. The molecule has 2 nitrogen and oxygen atoms in total. The van der Waals surface area contributed by atoms with E-state index in [0.29, 0.717) is 24.3 Å². The van der Waals surface area contributed by atoms with Gasteiger partial charge >= 0.3 is 11.9 Å². The van der Waals surface area contributed by atoms with Crippen LogP contribution in [0.15, 0.2) is 0 Å². The summed E-state index contributed by atoms with van der Waals surface area (Å²) in [5.41, 5.74) is 0. The van der Waals surface area contributed by atoms with Gasteiger partial charge in [-0.05, 0) is 24.3 Å². The SMILES string of the molecule is O=C(O)C(F)(F)C1CCSCC1. The molecule has 0 spiro atoms. The van der Waals surface area contributed by atoms with Crippen LogP contribution >= 0.6 is 11.8 Å². The quantitative estimate of drug-likeness (QED) is 0.732. The van der Waals surface area contributed by atoms with Gasteiger partial charge in [0.2, 0.25) is 0 Å². The number of halogens is 2. The molecule has 0 atom stereocenters. The zero-order chi connectivity index (χ0) is 9.19. The van der Waals surface area contributed by atoms with Gasteiger partial charge in [-0.25, -0.2) is 4.79 Å². The smallest absolute Gasteiger partial charge is 0.374 e. The van der Waals surface area contributed by atoms with Gasteiger partial charge in [0.05, 0.1) is 0 Å². The lowest BCUT2D eigenvalue weighted by molar-refractivity contribution is -0.173. The van der Waals surface area contributed by atoms with Crippen LogP contribution < -0.4 is 0 Å². The number of alkyl halides is 2. The van der Waals surface area contributed by atoms with E-state index in [4.69, 9.17) is 5.11 Å². The molecule has 5 heteroatoms. The van der Waals surface area contributed by atoms with Crippen molar-refractivity contribution in [1.29, 1.82) is 0 Å². The average Bonchev–Trinajstić information content (AvgIpc) is 2.06. The predicted octanol–water partition coefficient (Wildman–Crippen LogP) is 1.85. The van der Waals surface area contributed by atoms with Crippen molar-refractivity contribution in [1.82, 2.24) is 0 Å². The van der Waals surface area contributed by atoms with Gasteiger partial charge in [0, 0.05) is 5.92 Å². The van der Waals surface area contributed by atoms with Gasteiger partial charge in [0.25, 0.3) is 0 Å². The molecule has 1 rings (SSSR count). The summed E-state index contributed by atoms with van der Waals surface area (Å²) in [6, 6.07) is 0. The highest BCUT2D eigenvalue weighted by molar-refractivity contribution is 7.99. The molecule has 1 saturated heterocycles. The monoisotopic (exact) mass is 196 g/mol. The summed E-state index contributed by atoms with van der Waals surface area (Å²) in [5.74, 6) is -5.18. The van der Waals surface area contributed by atoms with Gasteiger partial charge in [0.1, 0.15) is 0 Å². The van der Waals surface area contributed by atoms with Gasteiger partial charge < -0.3 is 5.11 Å². The van der Waals surface area contributed by atoms with Crippen molar-refractivity contribution in [2.75, 3.05) is 11.5 Å². The Labute approximate surface area is 73.3 Å². The lowest BCUT2D eigenvalue weighted by atomic mass is 9.95. The standard InChI is InChI=1S/C7H10F2O2S/c8-7(9,6(10)11)5-1-3-12-4-2-5/h5H,1-4H2,(H,10,11). The van der Waals surface area contributed by atoms with E-state index in [9.17, 15) is 13.6 Å². The highest BCUT2D eigenvalue weighted by Gasteiger charge is 2.47. The summed E-state index contributed by atoms with van der Waals surface area (Å²) in [7, 11) is 0. The second kappa shape index (κ2) is 3.60. The Morgan fingerprint density at radius 2 is 1.92 bits per heavy atom. The molecule has 1 fully saturated rings. The maximum absolute atomic E-state index is 12.8. The first-order valence-electron chi connectivity index (χ1n) is 3.74. The van der Waals surface area contributed by atoms with Gasteiger partial charge in [-0.15, -0.1) is 0 Å². The van der Waals surface area contributed by atoms with Crippen molar-refractivity contribution < 1.29 is 18.7 Å². The molecule has 1 heterocycles. The van der Waals surface area contributed by atoms with Crippen LogP contribution in [0.4, 0.5) is 8.78 Å². The first kappa shape index (κ1) is 9.77. The van der Waals surface area contributed by atoms with Gasteiger partial charge in [-0.2, -0.15) is 20.5 Å². The molecule has 0 saturated carbocycles. The maximum atomic E-state index is 12.8. The molecule has 0 aliphatic carbocycles. The number of aliphatic carboxylic acids is 1. The molecule has 0 aromatic rings. The molecule has 0 unspecified atom stereocenters. The van der Waals surface area contributed by atoms with Crippen molar-refractivity contribution in [3.63, 3.8) is 0 Å². The van der Waals surface area contributed by atoms with Crippen LogP contribution in [0.25, 0.3) is 0 Å². The van der Waals surface area contributed by atoms with Crippen molar-refractivity contribution >= 4 is 17.7 Å². The minimum absolute atomic E-state index is 0.309. The van der Waals surface area contributed by atoms with Crippen molar-refractivity contribution in [3.8, 4) is 0 Å². The molecule has 0 amide bonds. The first-order valence-corrected chi connectivity index (χ1v) is 4.89. The van der Waals surface area contributed by atoms with Crippen LogP contribution in [0.3, 0.4) is 0 Å². The minimum atomic E-state index is -3.53. The van der Waals surface area contributed by atoms with Gasteiger partial charge in [-0.1, -0.05) is 0 Å². The van der Waals surface area contributed by atoms with Crippen LogP contribution in [-0.4, -0.2) is 28.5 Å². The fourth-order valence-electron chi connectivity index (χ4n) is 1.23. The topological polar surface area (TPSA) is 37.3 Å². The Morgan fingerprint density at radius 3 is 2.33 bits per heavy atom. The molecule has 1 aliphatic heterocycles. The van der Waals surface area contributed by atoms with E-state index in [1.165, 1.54) is 0 Å². The third-order valence-electron chi connectivity index (χ3n) is 2.02. The van der Waals surface area contributed by atoms with E-state index in [-0.39, 0.29) is 0 Å². The zero-order valence-corrected chi connectivity index (χ0v) is 7.24. The fraction of sp³-hybridized carbons (Fsp3) is 0.857. The molecule has 70 valence electrons. The van der Waals surface area contributed by atoms with E-state index < -0.39 is 17.8 Å². The molecule has 0 radical (unpaired) electrons. The average molecular weight is 196 g/mol. The molecule has 1 aliphatic rings. The van der Waals surface area contributed by atoms with Crippen molar-refractivity contribution in [3.05, 3.63) is 0 Å². The lowest BCUT2D eigenvalue weighted by Gasteiger charge is -2.26. The Morgan fingerprint density at radius 1 is 1.42 bits per heavy atom. The number of carboxylic acid groups (broad SMARTS) is 1. The van der Waals surface area contributed by atoms with Crippen LogP contribution in [0, 0.1) is 5.92 Å². The number of thioether (sulfide) groups is 1. The Balaban J connectivity index is 2.59. The fourth-order valence-corrected chi connectivity index (χ4v) is 2.34. The van der Waals surface area contributed by atoms with E-state index in [1.807, 2.05) is 0 Å². The molecule has 1 N–H and O–H groups in total. The Kier molecular flexibility index (Phi) is 2.93. The van der Waals surface area contributed by atoms with Crippen molar-refractivity contribution in [2.24, 2.45) is 5.92 Å². The zero-order valence-electron chi connectivity index (χ0n) is 6.43. The van der Waals surface area contributed by atoms with Crippen LogP contribution in [0.2, 0.25) is 0 Å². The van der Waals surface area contributed by atoms with Crippen LogP contribution in [-0.2, 0) is 4.79 Å². The van der Waals surface area contributed by atoms with Crippen molar-refractivity contribution in [2.45, 2.75) is 18.8 Å². The van der Waals surface area contributed by atoms with Gasteiger partial charge in [0.15, 0.2) is 0 Å². The van der Waals surface area contributed by atoms with Gasteiger partial charge in [-0.3, -0.25) is 0 Å². The normalized spacial score (nSPS) is 20.8. The summed E-state index contributed by atoms with van der Waals surface area (Å²) in [6.07, 6.45) is 0.619. The number of hydrogen-bond donors (Lipinski definition) is 1. The summed E-state index contributed by atoms with van der Waals surface area (Å²) in [6.45, 7) is 0. The highest BCUT2D eigenvalue weighted by Crippen LogP contribution is 2.35. The Bertz CT molecular complexity index is 178. The second-order valence-corrected chi connectivity index (χ2v) is 4.04. The molecule has 0 aromatic carbocycles. The van der Waals surface area contributed by atoms with Crippen LogP contribution in [0.1, 0.15) is 12.8 Å². The van der Waals surface area contributed by atoms with E-state index >= 15 is 0 Å². The minimum Gasteiger partial charge on any atom is -0.477 e. The third-order valence-corrected chi connectivity index (χ3v) is 3.07. The lowest BCUT2D eigenvalue weighted by Crippen LogP contribution is -2.38. The Hall–Kier alpha value is -0.320. The number of carbonyl (C=O) groups is 1. The maximum Gasteiger partial charge on any atom is 0.374 e. The summed E-state index contributed by atoms with van der Waals surface area (Å²) < 4.78 is 25.6. The number of carboxylic acids is 1. The van der Waals surface area contributed by atoms with E-state index in [1.54, 1.807) is 11.8 Å². The summed E-state index contributed by atoms with van der Waals surface area (Å²) in [5, 5.41) is 8.24. The molecular weight excluding hydrogens is 186 g/mol. The number of rotatable bonds is 2. The molecule has 0 bridgehead atoms. The predicted molar refractivity (Wildman–Crippen MR) is 42.6 cm³/mol. The summed E-state index contributed by atoms with van der Waals surface area (Å²) >= 11 is 1.60. The second-order valence-electron chi connectivity index (χ2n) is 2.81. The van der Waals surface area contributed by atoms with E-state index in [0.717, 1.165) is 0 Å². The van der Waals surface area contributed by atoms with E-state index in [2.05, 4.69) is 0 Å². The van der Waals surface area contributed by atoms with Crippen LogP contribution in [0.5, 0.6) is 0 Å². The highest BCUT2D eigenvalue weighted by atomic mass is 32.2. The largest absolute Gasteiger partial charge is 0.477 e. The number of hydrogen-bond acceptors (Lipinski definition) is 2. The summed E-state index contributed by atoms with van der Waals surface area (Å²) in [4.78, 5) is 10.2. The third kappa shape index (κ3) is 1.88. The molecule has 12 heavy (non-hydrogen) atoms.